The van der Waals surface area contributed by atoms with E-state index in [1.807, 2.05) is 12.1 Å². The van der Waals surface area contributed by atoms with Gasteiger partial charge in [0.1, 0.15) is 11.9 Å². The minimum Gasteiger partial charge on any atom is -0.480 e. The van der Waals surface area contributed by atoms with Crippen LogP contribution in [0.25, 0.3) is 11.3 Å². The number of piperidine rings is 1. The van der Waals surface area contributed by atoms with Crippen molar-refractivity contribution < 1.29 is 14.3 Å². The molecule has 6 nitrogen and oxygen atoms in total. The number of hydrogen-bond acceptors (Lipinski definition) is 4. The van der Waals surface area contributed by atoms with Crippen LogP contribution in [0.1, 0.15) is 68.5 Å². The molecule has 3 heterocycles. The predicted molar refractivity (Wildman–Crippen MR) is 159 cm³/mol. The van der Waals surface area contributed by atoms with Gasteiger partial charge in [-0.15, -0.1) is 0 Å². The van der Waals surface area contributed by atoms with Crippen LogP contribution in [-0.4, -0.2) is 69.4 Å². The summed E-state index contributed by atoms with van der Waals surface area (Å²) in [6.07, 6.45) is 6.41. The number of aryl methyl sites for hydroxylation is 1. The maximum absolute atomic E-state index is 14.3. The Balaban J connectivity index is 1.14. The Kier molecular flexibility index (Phi) is 8.54. The molecule has 3 atom stereocenters. The minimum atomic E-state index is -0.709. The summed E-state index contributed by atoms with van der Waals surface area (Å²) in [7, 11) is 0. The van der Waals surface area contributed by atoms with Crippen molar-refractivity contribution in [1.29, 1.82) is 0 Å². The lowest BCUT2D eigenvalue weighted by atomic mass is 9.80. The summed E-state index contributed by atoms with van der Waals surface area (Å²) in [4.78, 5) is 17.1. The molecule has 2 aromatic carbocycles. The summed E-state index contributed by atoms with van der Waals surface area (Å²) in [5.41, 5.74) is 4.53. The molecule has 3 aromatic rings. The first-order valence-corrected chi connectivity index (χ1v) is 15.6. The average Bonchev–Trinajstić information content (AvgIpc) is 3.58. The molecule has 0 radical (unpaired) electrons. The number of halogens is 1. The number of benzene rings is 2. The molecule has 7 heteroatoms. The van der Waals surface area contributed by atoms with Gasteiger partial charge in [0.05, 0.1) is 5.69 Å². The van der Waals surface area contributed by atoms with Gasteiger partial charge in [0.25, 0.3) is 0 Å². The van der Waals surface area contributed by atoms with Crippen LogP contribution < -0.4 is 0 Å². The van der Waals surface area contributed by atoms with Crippen molar-refractivity contribution in [2.45, 2.75) is 69.9 Å². The number of carboxylic acids is 1. The fraction of sp³-hybridized carbons (Fsp3) is 0.529. The molecule has 41 heavy (non-hydrogen) atoms. The number of hydrogen-bond donors (Lipinski definition) is 1. The number of carboxylic acid groups (broad SMARTS) is 1. The number of rotatable bonds is 10. The zero-order valence-electron chi connectivity index (χ0n) is 24.2. The summed E-state index contributed by atoms with van der Waals surface area (Å²) in [5, 5.41) is 15.1. The standard InChI is InChI=1S/C34H43FN4O2/c1-2-39-32(20-31(36-39)25-10-4-3-5-11-25)26-14-16-37(17-15-26)21-28-22-38(33(34(40)41)18-24-8-6-9-24)23-30(28)27-12-7-13-29(35)19-27/h3-5,7,10-13,19-20,24,26,28,30,33H,2,6,8-9,14-18,21-23H2,1H3,(H,40,41). The van der Waals surface area contributed by atoms with E-state index in [-0.39, 0.29) is 17.7 Å². The maximum atomic E-state index is 14.3. The van der Waals surface area contributed by atoms with Crippen molar-refractivity contribution in [2.24, 2.45) is 11.8 Å². The molecule has 1 N–H and O–H groups in total. The Morgan fingerprint density at radius 1 is 1.02 bits per heavy atom. The molecule has 0 bridgehead atoms. The first-order valence-electron chi connectivity index (χ1n) is 15.6. The Hall–Kier alpha value is -3.03. The SMILES string of the molecule is CCn1nc(-c2ccccc2)cc1C1CCN(CC2CN(C(CC3CCC3)C(=O)O)CC2c2cccc(F)c2)CC1. The smallest absolute Gasteiger partial charge is 0.320 e. The van der Waals surface area contributed by atoms with Gasteiger partial charge in [-0.1, -0.05) is 61.7 Å². The summed E-state index contributed by atoms with van der Waals surface area (Å²) < 4.78 is 16.4. The molecule has 0 amide bonds. The van der Waals surface area contributed by atoms with E-state index >= 15 is 0 Å². The van der Waals surface area contributed by atoms with Gasteiger partial charge in [-0.3, -0.25) is 14.4 Å². The average molecular weight is 559 g/mol. The van der Waals surface area contributed by atoms with Crippen LogP contribution >= 0.6 is 0 Å². The van der Waals surface area contributed by atoms with E-state index in [4.69, 9.17) is 5.10 Å². The Morgan fingerprint density at radius 2 is 1.80 bits per heavy atom. The van der Waals surface area contributed by atoms with Crippen molar-refractivity contribution in [3.8, 4) is 11.3 Å². The highest BCUT2D eigenvalue weighted by Crippen LogP contribution is 2.39. The van der Waals surface area contributed by atoms with Crippen LogP contribution in [0.15, 0.2) is 60.7 Å². The van der Waals surface area contributed by atoms with Gasteiger partial charge < -0.3 is 10.0 Å². The second-order valence-corrected chi connectivity index (χ2v) is 12.5. The first kappa shape index (κ1) is 28.1. The van der Waals surface area contributed by atoms with E-state index in [9.17, 15) is 14.3 Å². The third-order valence-electron chi connectivity index (χ3n) is 9.93. The number of aromatic nitrogens is 2. The predicted octanol–water partition coefficient (Wildman–Crippen LogP) is 6.25. The molecule has 3 aliphatic rings. The molecule has 1 aromatic heterocycles. The molecule has 1 saturated carbocycles. The fourth-order valence-electron chi connectivity index (χ4n) is 7.42. The van der Waals surface area contributed by atoms with Crippen LogP contribution in [0.3, 0.4) is 0 Å². The molecule has 3 fully saturated rings. The van der Waals surface area contributed by atoms with Crippen molar-refractivity contribution in [1.82, 2.24) is 19.6 Å². The van der Waals surface area contributed by atoms with Crippen LogP contribution in [0.5, 0.6) is 0 Å². The quantitative estimate of drug-likeness (QED) is 0.319. The van der Waals surface area contributed by atoms with Gasteiger partial charge in [0.15, 0.2) is 0 Å². The Bertz CT molecular complexity index is 1320. The van der Waals surface area contributed by atoms with Crippen molar-refractivity contribution in [3.63, 3.8) is 0 Å². The van der Waals surface area contributed by atoms with E-state index in [1.165, 1.54) is 18.2 Å². The monoisotopic (exact) mass is 558 g/mol. The highest BCUT2D eigenvalue weighted by atomic mass is 19.1. The van der Waals surface area contributed by atoms with E-state index in [1.54, 1.807) is 12.1 Å². The topological polar surface area (TPSA) is 61.6 Å². The summed E-state index contributed by atoms with van der Waals surface area (Å²) in [6.45, 7) is 7.41. The summed E-state index contributed by atoms with van der Waals surface area (Å²) in [5.74, 6) is 0.505. The molecule has 218 valence electrons. The Morgan fingerprint density at radius 3 is 2.46 bits per heavy atom. The van der Waals surface area contributed by atoms with Gasteiger partial charge in [-0.05, 0) is 74.9 Å². The molecule has 0 spiro atoms. The second kappa shape index (κ2) is 12.5. The lowest BCUT2D eigenvalue weighted by Crippen LogP contribution is -2.43. The third-order valence-corrected chi connectivity index (χ3v) is 9.93. The zero-order chi connectivity index (χ0) is 28.3. The third kappa shape index (κ3) is 6.26. The van der Waals surface area contributed by atoms with Gasteiger partial charge in [-0.25, -0.2) is 4.39 Å². The normalized spacial score (nSPS) is 23.5. The largest absolute Gasteiger partial charge is 0.480 e. The van der Waals surface area contributed by atoms with Gasteiger partial charge >= 0.3 is 5.97 Å². The van der Waals surface area contributed by atoms with E-state index in [2.05, 4.69) is 51.7 Å². The molecule has 6 rings (SSSR count). The molecule has 2 saturated heterocycles. The van der Waals surface area contributed by atoms with Crippen molar-refractivity contribution >= 4 is 5.97 Å². The molecule has 2 aliphatic heterocycles. The van der Waals surface area contributed by atoms with Gasteiger partial charge in [0.2, 0.25) is 0 Å². The van der Waals surface area contributed by atoms with Crippen LogP contribution in [0.2, 0.25) is 0 Å². The van der Waals surface area contributed by atoms with E-state index in [0.29, 0.717) is 18.4 Å². The molecule has 3 unspecified atom stereocenters. The van der Waals surface area contributed by atoms with E-state index < -0.39 is 12.0 Å². The van der Waals surface area contributed by atoms with Gasteiger partial charge in [0, 0.05) is 49.3 Å². The number of carbonyl (C=O) groups is 1. The van der Waals surface area contributed by atoms with E-state index in [0.717, 1.165) is 81.6 Å². The molecular formula is C34H43FN4O2. The second-order valence-electron chi connectivity index (χ2n) is 12.5. The highest BCUT2D eigenvalue weighted by Gasteiger charge is 2.41. The Labute approximate surface area is 243 Å². The van der Waals surface area contributed by atoms with Crippen molar-refractivity contribution in [2.75, 3.05) is 32.7 Å². The summed E-state index contributed by atoms with van der Waals surface area (Å²) in [6, 6.07) is 19.2. The van der Waals surface area contributed by atoms with Crippen LogP contribution in [0.4, 0.5) is 4.39 Å². The fourth-order valence-corrected chi connectivity index (χ4v) is 7.42. The highest BCUT2D eigenvalue weighted by molar-refractivity contribution is 5.73. The van der Waals surface area contributed by atoms with Crippen LogP contribution in [-0.2, 0) is 11.3 Å². The minimum absolute atomic E-state index is 0.140. The molecule has 1 aliphatic carbocycles. The van der Waals surface area contributed by atoms with Gasteiger partial charge in [-0.2, -0.15) is 5.10 Å². The zero-order valence-corrected chi connectivity index (χ0v) is 24.2. The lowest BCUT2D eigenvalue weighted by molar-refractivity contribution is -0.144. The number of likely N-dealkylation sites (tertiary alicyclic amines) is 2. The lowest BCUT2D eigenvalue weighted by Gasteiger charge is -2.35. The van der Waals surface area contributed by atoms with Crippen molar-refractivity contribution in [3.05, 3.63) is 77.7 Å². The first-order chi connectivity index (χ1) is 20.0. The maximum Gasteiger partial charge on any atom is 0.320 e. The number of nitrogens with zero attached hydrogens (tertiary/aromatic N) is 4. The number of aliphatic carboxylic acids is 1. The van der Waals surface area contributed by atoms with Crippen LogP contribution in [0, 0.1) is 17.7 Å². The molecular weight excluding hydrogens is 515 g/mol. The summed E-state index contributed by atoms with van der Waals surface area (Å²) >= 11 is 0.